The van der Waals surface area contributed by atoms with Crippen LogP contribution in [0.15, 0.2) is 82.8 Å². The lowest BCUT2D eigenvalue weighted by atomic mass is 9.95. The molecule has 0 saturated heterocycles. The summed E-state index contributed by atoms with van der Waals surface area (Å²) in [5, 5.41) is 0. The van der Waals surface area contributed by atoms with Crippen LogP contribution in [-0.4, -0.2) is 37.1 Å². The molecule has 0 aliphatic carbocycles. The summed E-state index contributed by atoms with van der Waals surface area (Å²) in [4.78, 5) is 32.1. The molecule has 2 aromatic carbocycles. The molecule has 2 aliphatic rings. The molecule has 0 N–H and O–H groups in total. The van der Waals surface area contributed by atoms with Gasteiger partial charge in [-0.15, -0.1) is 0 Å². The van der Waals surface area contributed by atoms with Gasteiger partial charge in [-0.3, -0.25) is 9.36 Å². The van der Waals surface area contributed by atoms with Gasteiger partial charge < -0.3 is 23.7 Å². The number of ether oxygens (including phenoxy) is 5. The Hall–Kier alpha value is -4.57. The molecular weight excluding hydrogens is 532 g/mol. The Labute approximate surface area is 234 Å². The van der Waals surface area contributed by atoms with Gasteiger partial charge in [0.25, 0.3) is 5.56 Å². The number of hydrogen-bond acceptors (Lipinski definition) is 9. The molecule has 9 nitrogen and oxygen atoms in total. The van der Waals surface area contributed by atoms with E-state index in [-0.39, 0.29) is 19.0 Å². The van der Waals surface area contributed by atoms with E-state index in [2.05, 4.69) is 18.2 Å². The Bertz CT molecular complexity index is 1700. The summed E-state index contributed by atoms with van der Waals surface area (Å²) >= 11 is 1.24. The number of hydrogen-bond donors (Lipinski definition) is 0. The van der Waals surface area contributed by atoms with Crippen LogP contribution < -0.4 is 33.8 Å². The number of benzene rings is 2. The van der Waals surface area contributed by atoms with E-state index in [1.54, 1.807) is 56.3 Å². The number of thiazole rings is 1. The molecule has 0 radical (unpaired) electrons. The summed E-state index contributed by atoms with van der Waals surface area (Å²) < 4.78 is 29.9. The first-order valence-electron chi connectivity index (χ1n) is 12.7. The van der Waals surface area contributed by atoms with E-state index in [1.807, 2.05) is 12.1 Å². The second-order valence-corrected chi connectivity index (χ2v) is 9.83. The highest BCUT2D eigenvalue weighted by Gasteiger charge is 2.34. The van der Waals surface area contributed by atoms with Crippen molar-refractivity contribution in [1.29, 1.82) is 0 Å². The molecule has 3 aromatic rings. The summed E-state index contributed by atoms with van der Waals surface area (Å²) in [7, 11) is 0. The summed E-state index contributed by atoms with van der Waals surface area (Å²) in [6, 6.07) is 10.0. The zero-order valence-electron chi connectivity index (χ0n) is 22.2. The van der Waals surface area contributed by atoms with Gasteiger partial charge >= 0.3 is 5.97 Å². The number of rotatable bonds is 10. The largest absolute Gasteiger partial charge is 0.486 e. The first kappa shape index (κ1) is 27.0. The van der Waals surface area contributed by atoms with Crippen LogP contribution in [0.4, 0.5) is 0 Å². The Kier molecular flexibility index (Phi) is 7.88. The summed E-state index contributed by atoms with van der Waals surface area (Å²) in [5.74, 6) is 1.69. The number of allylic oxidation sites excluding steroid dienone is 1. The van der Waals surface area contributed by atoms with Crippen molar-refractivity contribution >= 4 is 23.4 Å². The maximum Gasteiger partial charge on any atom is 0.338 e. The first-order valence-corrected chi connectivity index (χ1v) is 13.5. The van der Waals surface area contributed by atoms with Crippen LogP contribution in [0.3, 0.4) is 0 Å². The minimum Gasteiger partial charge on any atom is -0.486 e. The monoisotopic (exact) mass is 560 g/mol. The van der Waals surface area contributed by atoms with Gasteiger partial charge in [0.2, 0.25) is 6.79 Å². The molecular formula is C30H28N2O7S. The van der Waals surface area contributed by atoms with Crippen molar-refractivity contribution in [3.05, 3.63) is 104 Å². The fraction of sp³-hybridized carbons (Fsp3) is 0.233. The standard InChI is InChI=1S/C30H28N2O7S/c1-5-12-36-21-10-8-19(14-23(21)37-13-6-2)15-25-28(33)32-27(20-9-11-22-24(16-20)39-17-38-22)26(29(34)35-7-3)18(4)31-30(32)40-25/h5-6,8-11,14-16,27H,1-2,7,12-13,17H2,3-4H3. The van der Waals surface area contributed by atoms with Crippen LogP contribution in [0.5, 0.6) is 23.0 Å². The molecule has 1 atom stereocenters. The van der Waals surface area contributed by atoms with Gasteiger partial charge in [0.15, 0.2) is 27.8 Å². The predicted octanol–water partition coefficient (Wildman–Crippen LogP) is 3.66. The molecule has 2 aliphatic heterocycles. The van der Waals surface area contributed by atoms with E-state index < -0.39 is 12.0 Å². The van der Waals surface area contributed by atoms with Gasteiger partial charge in [-0.1, -0.05) is 48.8 Å². The van der Waals surface area contributed by atoms with Gasteiger partial charge in [-0.2, -0.15) is 0 Å². The molecule has 5 rings (SSSR count). The summed E-state index contributed by atoms with van der Waals surface area (Å²) in [6.45, 7) is 11.8. The average molecular weight is 561 g/mol. The minimum absolute atomic E-state index is 0.108. The third kappa shape index (κ3) is 5.17. The van der Waals surface area contributed by atoms with E-state index in [0.717, 1.165) is 5.56 Å². The molecule has 0 fully saturated rings. The Balaban J connectivity index is 1.64. The Morgan fingerprint density at radius 3 is 2.60 bits per heavy atom. The maximum atomic E-state index is 13.9. The number of carbonyl (C=O) groups excluding carboxylic acids is 1. The van der Waals surface area contributed by atoms with Crippen molar-refractivity contribution in [2.24, 2.45) is 4.99 Å². The van der Waals surface area contributed by atoms with Crippen LogP contribution in [-0.2, 0) is 9.53 Å². The molecule has 0 saturated carbocycles. The van der Waals surface area contributed by atoms with Crippen LogP contribution >= 0.6 is 11.3 Å². The molecule has 10 heteroatoms. The van der Waals surface area contributed by atoms with E-state index in [4.69, 9.17) is 23.7 Å². The predicted molar refractivity (Wildman–Crippen MR) is 151 cm³/mol. The molecule has 3 heterocycles. The molecule has 0 amide bonds. The van der Waals surface area contributed by atoms with Crippen molar-refractivity contribution < 1.29 is 28.5 Å². The lowest BCUT2D eigenvalue weighted by Crippen LogP contribution is -2.39. The maximum absolute atomic E-state index is 13.9. The number of esters is 1. The topological polar surface area (TPSA) is 97.6 Å². The molecule has 0 bridgehead atoms. The van der Waals surface area contributed by atoms with Crippen molar-refractivity contribution in [1.82, 2.24) is 4.57 Å². The smallest absolute Gasteiger partial charge is 0.338 e. The van der Waals surface area contributed by atoms with Crippen molar-refractivity contribution in [3.8, 4) is 23.0 Å². The zero-order chi connectivity index (χ0) is 28.2. The average Bonchev–Trinajstić information content (AvgIpc) is 3.54. The fourth-order valence-electron chi connectivity index (χ4n) is 4.49. The van der Waals surface area contributed by atoms with E-state index in [9.17, 15) is 9.59 Å². The fourth-order valence-corrected chi connectivity index (χ4v) is 5.53. The molecule has 206 valence electrons. The SMILES string of the molecule is C=CCOc1ccc(C=c2sc3n(c2=O)C(c2ccc4c(c2)OCO4)C(C(=O)OCC)=C(C)N=3)cc1OCC=C. The molecule has 1 unspecified atom stereocenters. The van der Waals surface area contributed by atoms with Gasteiger partial charge in [0, 0.05) is 0 Å². The van der Waals surface area contributed by atoms with Crippen LogP contribution in [0, 0.1) is 0 Å². The van der Waals surface area contributed by atoms with Crippen LogP contribution in [0.2, 0.25) is 0 Å². The zero-order valence-corrected chi connectivity index (χ0v) is 23.0. The van der Waals surface area contributed by atoms with Crippen LogP contribution in [0.1, 0.15) is 31.0 Å². The Morgan fingerprint density at radius 1 is 1.10 bits per heavy atom. The quantitative estimate of drug-likeness (QED) is 0.276. The van der Waals surface area contributed by atoms with Gasteiger partial charge in [0.05, 0.1) is 28.5 Å². The van der Waals surface area contributed by atoms with E-state index in [1.165, 1.54) is 15.9 Å². The summed E-state index contributed by atoms with van der Waals surface area (Å²) in [5.41, 5.74) is 1.90. The normalized spacial score (nSPS) is 15.8. The number of aromatic nitrogens is 1. The third-order valence-corrected chi connectivity index (χ3v) is 7.19. The van der Waals surface area contributed by atoms with E-state index >= 15 is 0 Å². The lowest BCUT2D eigenvalue weighted by Gasteiger charge is -2.24. The minimum atomic E-state index is -0.756. The van der Waals surface area contributed by atoms with E-state index in [0.29, 0.717) is 62.4 Å². The van der Waals surface area contributed by atoms with Gasteiger partial charge in [-0.05, 0) is 55.3 Å². The van der Waals surface area contributed by atoms with Crippen molar-refractivity contribution in [2.45, 2.75) is 19.9 Å². The van der Waals surface area contributed by atoms with Gasteiger partial charge in [0.1, 0.15) is 13.2 Å². The van der Waals surface area contributed by atoms with Crippen molar-refractivity contribution in [3.63, 3.8) is 0 Å². The third-order valence-electron chi connectivity index (χ3n) is 6.21. The number of carbonyl (C=O) groups is 1. The lowest BCUT2D eigenvalue weighted by molar-refractivity contribution is -0.139. The summed E-state index contributed by atoms with van der Waals surface area (Å²) in [6.07, 6.45) is 5.05. The first-order chi connectivity index (χ1) is 19.4. The highest BCUT2D eigenvalue weighted by Crippen LogP contribution is 2.38. The number of nitrogens with zero attached hydrogens (tertiary/aromatic N) is 2. The Morgan fingerprint density at radius 2 is 1.85 bits per heavy atom. The van der Waals surface area contributed by atoms with Crippen LogP contribution in [0.25, 0.3) is 6.08 Å². The molecule has 1 aromatic heterocycles. The van der Waals surface area contributed by atoms with Crippen molar-refractivity contribution in [2.75, 3.05) is 26.6 Å². The molecule has 40 heavy (non-hydrogen) atoms. The highest BCUT2D eigenvalue weighted by atomic mass is 32.1. The number of fused-ring (bicyclic) bond motifs is 2. The second kappa shape index (κ2) is 11.7. The second-order valence-electron chi connectivity index (χ2n) is 8.82. The van der Waals surface area contributed by atoms with Gasteiger partial charge in [-0.25, -0.2) is 9.79 Å². The highest BCUT2D eigenvalue weighted by molar-refractivity contribution is 7.07. The molecule has 0 spiro atoms.